The minimum absolute atomic E-state index is 0.122. The summed E-state index contributed by atoms with van der Waals surface area (Å²) < 4.78 is 15.6. The summed E-state index contributed by atoms with van der Waals surface area (Å²) in [6.45, 7) is 2.12. The molecule has 3 aromatic rings. The number of ether oxygens (including phenoxy) is 2. The number of rotatable bonds is 6. The van der Waals surface area contributed by atoms with Gasteiger partial charge in [0, 0.05) is 17.2 Å². The molecule has 7 heteroatoms. The maximum atomic E-state index is 12.4. The molecule has 0 fully saturated rings. The molecule has 0 spiro atoms. The Morgan fingerprint density at radius 2 is 1.85 bits per heavy atom. The molecule has 26 heavy (non-hydrogen) atoms. The Bertz CT molecular complexity index is 898. The van der Waals surface area contributed by atoms with Gasteiger partial charge in [0.2, 0.25) is 11.7 Å². The van der Waals surface area contributed by atoms with Crippen LogP contribution in [0.3, 0.4) is 0 Å². The number of hydrogen-bond donors (Lipinski definition) is 1. The molecule has 0 aliphatic rings. The molecule has 0 aliphatic carbocycles. The SMILES string of the molecule is COc1cc(OC)cc(C(=O)NCc2nc(-c3cccc(C)c3)no2)c1. The molecule has 1 amide bonds. The predicted octanol–water partition coefficient (Wildman–Crippen LogP) is 2.99. The lowest BCUT2D eigenvalue weighted by molar-refractivity contribution is 0.0945. The molecular weight excluding hydrogens is 334 g/mol. The molecule has 7 nitrogen and oxygen atoms in total. The summed E-state index contributed by atoms with van der Waals surface area (Å²) in [6.07, 6.45) is 0. The van der Waals surface area contributed by atoms with Crippen molar-refractivity contribution in [2.24, 2.45) is 0 Å². The van der Waals surface area contributed by atoms with E-state index in [2.05, 4.69) is 15.5 Å². The van der Waals surface area contributed by atoms with Gasteiger partial charge >= 0.3 is 0 Å². The molecule has 0 atom stereocenters. The monoisotopic (exact) mass is 353 g/mol. The number of aromatic nitrogens is 2. The lowest BCUT2D eigenvalue weighted by atomic mass is 10.1. The quantitative estimate of drug-likeness (QED) is 0.733. The van der Waals surface area contributed by atoms with Gasteiger partial charge in [-0.2, -0.15) is 4.98 Å². The molecule has 3 rings (SSSR count). The van der Waals surface area contributed by atoms with Crippen LogP contribution in [0.5, 0.6) is 11.5 Å². The van der Waals surface area contributed by atoms with Gasteiger partial charge in [0.25, 0.3) is 5.91 Å². The van der Waals surface area contributed by atoms with Crippen LogP contribution in [-0.2, 0) is 6.54 Å². The molecule has 0 aliphatic heterocycles. The first-order valence-corrected chi connectivity index (χ1v) is 8.00. The fourth-order valence-electron chi connectivity index (χ4n) is 2.42. The van der Waals surface area contributed by atoms with Crippen LogP contribution < -0.4 is 14.8 Å². The Morgan fingerprint density at radius 1 is 1.12 bits per heavy atom. The van der Waals surface area contributed by atoms with Crippen LogP contribution in [0.25, 0.3) is 11.4 Å². The van der Waals surface area contributed by atoms with Gasteiger partial charge in [-0.3, -0.25) is 4.79 Å². The molecule has 0 radical (unpaired) electrons. The Hall–Kier alpha value is -3.35. The predicted molar refractivity (Wildman–Crippen MR) is 95.2 cm³/mol. The molecule has 2 aromatic carbocycles. The second-order valence-corrected chi connectivity index (χ2v) is 5.67. The number of nitrogens with one attached hydrogen (secondary N) is 1. The number of aryl methyl sites for hydroxylation is 1. The number of amides is 1. The second kappa shape index (κ2) is 7.69. The summed E-state index contributed by atoms with van der Waals surface area (Å²) in [5.74, 6) is 1.59. The number of benzene rings is 2. The van der Waals surface area contributed by atoms with E-state index in [1.165, 1.54) is 14.2 Å². The number of carbonyl (C=O) groups is 1. The average molecular weight is 353 g/mol. The number of carbonyl (C=O) groups excluding carboxylic acids is 1. The van der Waals surface area contributed by atoms with E-state index in [9.17, 15) is 4.79 Å². The Kier molecular flexibility index (Phi) is 5.17. The molecule has 0 bridgehead atoms. The van der Waals surface area contributed by atoms with E-state index in [1.807, 2.05) is 31.2 Å². The summed E-state index contributed by atoms with van der Waals surface area (Å²) in [7, 11) is 3.06. The van der Waals surface area contributed by atoms with Crippen LogP contribution >= 0.6 is 0 Å². The van der Waals surface area contributed by atoms with Crippen LogP contribution in [0.1, 0.15) is 21.8 Å². The Balaban J connectivity index is 1.69. The van der Waals surface area contributed by atoms with Crippen molar-refractivity contribution in [3.63, 3.8) is 0 Å². The highest BCUT2D eigenvalue weighted by Crippen LogP contribution is 2.22. The summed E-state index contributed by atoms with van der Waals surface area (Å²) in [6, 6.07) is 12.8. The molecule has 134 valence electrons. The van der Waals surface area contributed by atoms with Gasteiger partial charge in [0.15, 0.2) is 0 Å². The lowest BCUT2D eigenvalue weighted by Crippen LogP contribution is -2.23. The number of hydrogen-bond acceptors (Lipinski definition) is 6. The highest BCUT2D eigenvalue weighted by Gasteiger charge is 2.13. The van der Waals surface area contributed by atoms with Gasteiger partial charge in [-0.1, -0.05) is 28.9 Å². The van der Waals surface area contributed by atoms with Crippen LogP contribution in [0.15, 0.2) is 47.0 Å². The summed E-state index contributed by atoms with van der Waals surface area (Å²) in [4.78, 5) is 16.7. The third kappa shape index (κ3) is 4.00. The molecule has 1 N–H and O–H groups in total. The number of methoxy groups -OCH3 is 2. The van der Waals surface area contributed by atoms with E-state index in [0.29, 0.717) is 28.8 Å². The normalized spacial score (nSPS) is 10.4. The first-order chi connectivity index (χ1) is 12.6. The van der Waals surface area contributed by atoms with Gasteiger partial charge in [-0.05, 0) is 25.1 Å². The first-order valence-electron chi connectivity index (χ1n) is 8.00. The van der Waals surface area contributed by atoms with Crippen molar-refractivity contribution in [3.8, 4) is 22.9 Å². The molecule has 0 saturated heterocycles. The highest BCUT2D eigenvalue weighted by atomic mass is 16.5. The van der Waals surface area contributed by atoms with Crippen molar-refractivity contribution in [3.05, 3.63) is 59.5 Å². The van der Waals surface area contributed by atoms with Crippen molar-refractivity contribution >= 4 is 5.91 Å². The molecule has 1 heterocycles. The molecule has 0 unspecified atom stereocenters. The van der Waals surface area contributed by atoms with E-state index in [1.54, 1.807) is 18.2 Å². The average Bonchev–Trinajstić information content (AvgIpc) is 3.14. The third-order valence-electron chi connectivity index (χ3n) is 3.76. The summed E-state index contributed by atoms with van der Waals surface area (Å²) in [5.41, 5.74) is 2.39. The van der Waals surface area contributed by atoms with Crippen molar-refractivity contribution in [1.29, 1.82) is 0 Å². The fourth-order valence-corrected chi connectivity index (χ4v) is 2.42. The zero-order valence-corrected chi connectivity index (χ0v) is 14.8. The lowest BCUT2D eigenvalue weighted by Gasteiger charge is -2.08. The third-order valence-corrected chi connectivity index (χ3v) is 3.76. The zero-order chi connectivity index (χ0) is 18.5. The van der Waals surface area contributed by atoms with Crippen LogP contribution in [0.2, 0.25) is 0 Å². The highest BCUT2D eigenvalue weighted by molar-refractivity contribution is 5.95. The summed E-state index contributed by atoms with van der Waals surface area (Å²) >= 11 is 0. The van der Waals surface area contributed by atoms with Gasteiger partial charge in [0.1, 0.15) is 11.5 Å². The molecule has 0 saturated carbocycles. The van der Waals surface area contributed by atoms with Gasteiger partial charge < -0.3 is 19.3 Å². The minimum atomic E-state index is -0.294. The van der Waals surface area contributed by atoms with Crippen LogP contribution in [0, 0.1) is 6.92 Å². The van der Waals surface area contributed by atoms with E-state index in [0.717, 1.165) is 11.1 Å². The second-order valence-electron chi connectivity index (χ2n) is 5.67. The van der Waals surface area contributed by atoms with Gasteiger partial charge in [-0.25, -0.2) is 0 Å². The topological polar surface area (TPSA) is 86.5 Å². The first kappa shape index (κ1) is 17.5. The van der Waals surface area contributed by atoms with E-state index < -0.39 is 0 Å². The van der Waals surface area contributed by atoms with Gasteiger partial charge in [0.05, 0.1) is 20.8 Å². The van der Waals surface area contributed by atoms with Crippen molar-refractivity contribution < 1.29 is 18.8 Å². The van der Waals surface area contributed by atoms with Crippen molar-refractivity contribution in [1.82, 2.24) is 15.5 Å². The Labute approximate surface area is 150 Å². The molecule has 1 aromatic heterocycles. The van der Waals surface area contributed by atoms with Crippen molar-refractivity contribution in [2.75, 3.05) is 14.2 Å². The minimum Gasteiger partial charge on any atom is -0.497 e. The van der Waals surface area contributed by atoms with E-state index >= 15 is 0 Å². The standard InChI is InChI=1S/C19H19N3O4/c1-12-5-4-6-13(7-12)18-21-17(26-22-18)11-20-19(23)14-8-15(24-2)10-16(9-14)25-3/h4-10H,11H2,1-3H3,(H,20,23). The summed E-state index contributed by atoms with van der Waals surface area (Å²) in [5, 5.41) is 6.70. The smallest absolute Gasteiger partial charge is 0.251 e. The fraction of sp³-hybridized carbons (Fsp3) is 0.211. The van der Waals surface area contributed by atoms with Crippen molar-refractivity contribution in [2.45, 2.75) is 13.5 Å². The maximum Gasteiger partial charge on any atom is 0.251 e. The Morgan fingerprint density at radius 3 is 2.50 bits per heavy atom. The molecular formula is C19H19N3O4. The van der Waals surface area contributed by atoms with Crippen LogP contribution in [-0.4, -0.2) is 30.3 Å². The van der Waals surface area contributed by atoms with Gasteiger partial charge in [-0.15, -0.1) is 0 Å². The number of nitrogens with zero attached hydrogens (tertiary/aromatic N) is 2. The van der Waals surface area contributed by atoms with E-state index in [4.69, 9.17) is 14.0 Å². The largest absolute Gasteiger partial charge is 0.497 e. The van der Waals surface area contributed by atoms with Crippen LogP contribution in [0.4, 0.5) is 0 Å². The maximum absolute atomic E-state index is 12.4. The van der Waals surface area contributed by atoms with E-state index in [-0.39, 0.29) is 12.5 Å². The zero-order valence-electron chi connectivity index (χ0n) is 14.8.